The molecule has 1 saturated heterocycles. The molecule has 2 heterocycles. The largest absolute Gasteiger partial charge is 0.392 e. The van der Waals surface area contributed by atoms with Crippen molar-refractivity contribution >= 4 is 17.5 Å². The summed E-state index contributed by atoms with van der Waals surface area (Å²) in [5.41, 5.74) is 7.16. The minimum absolute atomic E-state index is 0.00585. The van der Waals surface area contributed by atoms with E-state index in [-0.39, 0.29) is 12.6 Å². The van der Waals surface area contributed by atoms with Crippen molar-refractivity contribution in [2.75, 3.05) is 23.4 Å². The molecule has 0 bridgehead atoms. The number of rotatable bonds is 5. The zero-order valence-corrected chi connectivity index (χ0v) is 14.0. The summed E-state index contributed by atoms with van der Waals surface area (Å²) in [5, 5.41) is 16.0. The second-order valence-corrected chi connectivity index (χ2v) is 6.07. The maximum atomic E-state index is 11.9. The third-order valence-electron chi connectivity index (χ3n) is 4.32. The number of hydrazine groups is 1. The van der Waals surface area contributed by atoms with E-state index in [0.29, 0.717) is 0 Å². The fourth-order valence-electron chi connectivity index (χ4n) is 3.02. The SMILES string of the molecule is NC(=O)N(c1ccccc1)N1CCC(Nc2ccc(CO)cn2)CC1. The lowest BCUT2D eigenvalue weighted by Crippen LogP contribution is -2.53. The van der Waals surface area contributed by atoms with Crippen molar-refractivity contribution in [3.8, 4) is 0 Å². The van der Waals surface area contributed by atoms with Crippen LogP contribution in [-0.2, 0) is 6.61 Å². The lowest BCUT2D eigenvalue weighted by molar-refractivity contribution is 0.191. The van der Waals surface area contributed by atoms with Gasteiger partial charge in [0.1, 0.15) is 5.82 Å². The number of amides is 2. The van der Waals surface area contributed by atoms with Crippen LogP contribution in [0.1, 0.15) is 18.4 Å². The smallest absolute Gasteiger partial charge is 0.334 e. The highest BCUT2D eigenvalue weighted by atomic mass is 16.3. The second kappa shape index (κ2) is 7.96. The second-order valence-electron chi connectivity index (χ2n) is 6.07. The Bertz CT molecular complexity index is 684. The molecule has 0 aliphatic carbocycles. The van der Waals surface area contributed by atoms with Crippen LogP contribution in [-0.4, -0.2) is 40.3 Å². The van der Waals surface area contributed by atoms with Gasteiger partial charge in [-0.15, -0.1) is 0 Å². The molecule has 1 aromatic heterocycles. The maximum Gasteiger partial charge on any atom is 0.334 e. The van der Waals surface area contributed by atoms with Crippen LogP contribution in [0.15, 0.2) is 48.7 Å². The Hall–Kier alpha value is -2.64. The molecule has 0 unspecified atom stereocenters. The zero-order chi connectivity index (χ0) is 17.6. The van der Waals surface area contributed by atoms with Gasteiger partial charge in [-0.25, -0.2) is 19.8 Å². The number of hydrogen-bond acceptors (Lipinski definition) is 5. The third-order valence-corrected chi connectivity index (χ3v) is 4.32. The van der Waals surface area contributed by atoms with Crippen molar-refractivity contribution in [2.45, 2.75) is 25.5 Å². The fourth-order valence-corrected chi connectivity index (χ4v) is 3.02. The van der Waals surface area contributed by atoms with Gasteiger partial charge in [-0.2, -0.15) is 0 Å². The highest BCUT2D eigenvalue weighted by Crippen LogP contribution is 2.21. The van der Waals surface area contributed by atoms with Crippen molar-refractivity contribution in [2.24, 2.45) is 5.73 Å². The van der Waals surface area contributed by atoms with Crippen molar-refractivity contribution < 1.29 is 9.90 Å². The van der Waals surface area contributed by atoms with Gasteiger partial charge >= 0.3 is 6.03 Å². The lowest BCUT2D eigenvalue weighted by Gasteiger charge is -2.39. The van der Waals surface area contributed by atoms with E-state index in [1.165, 1.54) is 0 Å². The molecule has 1 aliphatic rings. The van der Waals surface area contributed by atoms with E-state index in [1.54, 1.807) is 11.2 Å². The van der Waals surface area contributed by atoms with E-state index in [2.05, 4.69) is 10.3 Å². The van der Waals surface area contributed by atoms with Gasteiger partial charge in [-0.05, 0) is 36.6 Å². The van der Waals surface area contributed by atoms with Gasteiger partial charge in [0.15, 0.2) is 0 Å². The van der Waals surface area contributed by atoms with E-state index in [9.17, 15) is 4.79 Å². The summed E-state index contributed by atoms with van der Waals surface area (Å²) in [4.78, 5) is 16.2. The average Bonchev–Trinajstić information content (AvgIpc) is 2.65. The average molecular weight is 341 g/mol. The van der Waals surface area contributed by atoms with Crippen molar-refractivity contribution in [1.82, 2.24) is 9.99 Å². The lowest BCUT2D eigenvalue weighted by atomic mass is 10.1. The number of nitrogens with zero attached hydrogens (tertiary/aromatic N) is 3. The highest BCUT2D eigenvalue weighted by molar-refractivity contribution is 5.89. The summed E-state index contributed by atoms with van der Waals surface area (Å²) < 4.78 is 0. The molecule has 0 spiro atoms. The number of hydrogen-bond donors (Lipinski definition) is 3. The molecule has 132 valence electrons. The van der Waals surface area contributed by atoms with Gasteiger partial charge in [0.25, 0.3) is 0 Å². The van der Waals surface area contributed by atoms with Crippen molar-refractivity contribution in [1.29, 1.82) is 0 Å². The molecule has 3 rings (SSSR count). The van der Waals surface area contributed by atoms with Crippen LogP contribution in [0.3, 0.4) is 0 Å². The molecule has 0 saturated carbocycles. The van der Waals surface area contributed by atoms with Crippen LogP contribution >= 0.6 is 0 Å². The number of carbonyl (C=O) groups excluding carboxylic acids is 1. The molecule has 1 aliphatic heterocycles. The Labute approximate surface area is 147 Å². The maximum absolute atomic E-state index is 11.9. The van der Waals surface area contributed by atoms with Gasteiger partial charge < -0.3 is 16.2 Å². The number of piperidine rings is 1. The Balaban J connectivity index is 1.59. The number of nitrogens with two attached hydrogens (primary N) is 1. The number of aliphatic hydroxyl groups excluding tert-OH is 1. The first-order valence-electron chi connectivity index (χ1n) is 8.39. The number of benzene rings is 1. The predicted octanol–water partition coefficient (Wildman–Crippen LogP) is 1.95. The van der Waals surface area contributed by atoms with E-state index in [4.69, 9.17) is 10.8 Å². The third kappa shape index (κ3) is 4.26. The van der Waals surface area contributed by atoms with Crippen molar-refractivity contribution in [3.63, 3.8) is 0 Å². The number of primary amides is 1. The minimum Gasteiger partial charge on any atom is -0.392 e. The molecular weight excluding hydrogens is 318 g/mol. The normalized spacial score (nSPS) is 15.7. The number of urea groups is 1. The van der Waals surface area contributed by atoms with Crippen LogP contribution in [0, 0.1) is 0 Å². The summed E-state index contributed by atoms with van der Waals surface area (Å²) in [5.74, 6) is 0.797. The molecule has 1 fully saturated rings. The summed E-state index contributed by atoms with van der Waals surface area (Å²) in [7, 11) is 0. The number of carbonyl (C=O) groups is 1. The number of anilines is 2. The minimum atomic E-state index is -0.473. The summed E-state index contributed by atoms with van der Waals surface area (Å²) >= 11 is 0. The first kappa shape index (κ1) is 17.2. The summed E-state index contributed by atoms with van der Waals surface area (Å²) in [6, 6.07) is 13.0. The molecule has 2 aromatic rings. The van der Waals surface area contributed by atoms with Gasteiger partial charge in [-0.1, -0.05) is 24.3 Å². The zero-order valence-electron chi connectivity index (χ0n) is 14.0. The highest BCUT2D eigenvalue weighted by Gasteiger charge is 2.26. The Morgan fingerprint density at radius 1 is 1.24 bits per heavy atom. The van der Waals surface area contributed by atoms with Crippen LogP contribution in [0.5, 0.6) is 0 Å². The van der Waals surface area contributed by atoms with E-state index < -0.39 is 6.03 Å². The van der Waals surface area contributed by atoms with Gasteiger partial charge in [0.05, 0.1) is 12.3 Å². The summed E-state index contributed by atoms with van der Waals surface area (Å²) in [6.45, 7) is 1.45. The van der Waals surface area contributed by atoms with E-state index >= 15 is 0 Å². The molecule has 7 heteroatoms. The van der Waals surface area contributed by atoms with Gasteiger partial charge in [0.2, 0.25) is 0 Å². The van der Waals surface area contributed by atoms with Crippen LogP contribution in [0.2, 0.25) is 0 Å². The van der Waals surface area contributed by atoms with Gasteiger partial charge in [0, 0.05) is 25.3 Å². The number of aromatic nitrogens is 1. The Kier molecular flexibility index (Phi) is 5.47. The Morgan fingerprint density at radius 2 is 1.96 bits per heavy atom. The topological polar surface area (TPSA) is 94.7 Å². The molecule has 2 amide bonds. The quantitative estimate of drug-likeness (QED) is 0.773. The van der Waals surface area contributed by atoms with Crippen molar-refractivity contribution in [3.05, 3.63) is 54.2 Å². The Morgan fingerprint density at radius 3 is 2.52 bits per heavy atom. The summed E-state index contributed by atoms with van der Waals surface area (Å²) in [6.07, 6.45) is 3.42. The molecule has 0 radical (unpaired) electrons. The first-order valence-corrected chi connectivity index (χ1v) is 8.39. The van der Waals surface area contributed by atoms with E-state index in [0.717, 1.165) is 43.0 Å². The number of pyridine rings is 1. The van der Waals surface area contributed by atoms with Crippen LogP contribution in [0.25, 0.3) is 0 Å². The predicted molar refractivity (Wildman–Crippen MR) is 96.9 cm³/mol. The molecular formula is C18H23N5O2. The monoisotopic (exact) mass is 341 g/mol. The molecule has 0 atom stereocenters. The van der Waals surface area contributed by atoms with Gasteiger partial charge in [-0.3, -0.25) is 0 Å². The molecule has 7 nitrogen and oxygen atoms in total. The molecule has 4 N–H and O–H groups in total. The molecule has 1 aromatic carbocycles. The van der Waals surface area contributed by atoms with E-state index in [1.807, 2.05) is 47.5 Å². The standard InChI is InChI=1S/C18H23N5O2/c19-18(25)23(16-4-2-1-3-5-16)22-10-8-15(9-11-22)21-17-7-6-14(13-24)12-20-17/h1-7,12,15,24H,8-11,13H2,(H2,19,25)(H,20,21). The fraction of sp³-hybridized carbons (Fsp3) is 0.333. The number of aliphatic hydroxyl groups is 1. The first-order chi connectivity index (χ1) is 12.2. The van der Waals surface area contributed by atoms with Crippen LogP contribution < -0.4 is 16.1 Å². The molecule has 25 heavy (non-hydrogen) atoms. The van der Waals surface area contributed by atoms with Crippen LogP contribution in [0.4, 0.5) is 16.3 Å². The number of nitrogens with one attached hydrogen (secondary N) is 1. The number of para-hydroxylation sites is 1.